The van der Waals surface area contributed by atoms with Crippen molar-refractivity contribution >= 4 is 11.9 Å². The molecule has 3 N–H and O–H groups in total. The fraction of sp³-hybridized carbons (Fsp3) is 0.579. The Morgan fingerprint density at radius 1 is 1.03 bits per heavy atom. The number of aliphatic carboxylic acids is 2. The van der Waals surface area contributed by atoms with Crippen molar-refractivity contribution in [2.75, 3.05) is 6.54 Å². The third kappa shape index (κ3) is 9.38. The second-order valence-electron chi connectivity index (χ2n) is 7.54. The van der Waals surface area contributed by atoms with Crippen LogP contribution >= 0.6 is 0 Å². The highest BCUT2D eigenvalue weighted by Gasteiger charge is 2.38. The number of benzene rings is 1. The summed E-state index contributed by atoms with van der Waals surface area (Å²) in [5, 5.41) is 19.5. The van der Waals surface area contributed by atoms with Gasteiger partial charge in [0.2, 0.25) is 0 Å². The minimum absolute atomic E-state index is 0.156. The highest BCUT2D eigenvalue weighted by Crippen LogP contribution is 2.25. The van der Waals surface area contributed by atoms with Crippen LogP contribution in [-0.4, -0.2) is 46.5 Å². The maximum Gasteiger partial charge on any atom is 0.490 e. The van der Waals surface area contributed by atoms with Crippen molar-refractivity contribution in [2.24, 2.45) is 5.92 Å². The van der Waals surface area contributed by atoms with Crippen LogP contribution < -0.4 is 10.1 Å². The lowest BCUT2D eigenvalue weighted by molar-refractivity contribution is -0.192. The van der Waals surface area contributed by atoms with Crippen molar-refractivity contribution in [3.63, 3.8) is 0 Å². The van der Waals surface area contributed by atoms with E-state index in [-0.39, 0.29) is 17.7 Å². The van der Waals surface area contributed by atoms with Gasteiger partial charge in [-0.1, -0.05) is 0 Å². The zero-order chi connectivity index (χ0) is 23.1. The van der Waals surface area contributed by atoms with Gasteiger partial charge in [-0.3, -0.25) is 4.79 Å². The van der Waals surface area contributed by atoms with Gasteiger partial charge < -0.3 is 20.3 Å². The Bertz CT molecular complexity index is 710. The minimum atomic E-state index is -5.08. The van der Waals surface area contributed by atoms with E-state index in [4.69, 9.17) is 19.7 Å². The second-order valence-corrected chi connectivity index (χ2v) is 7.54. The first kappa shape index (κ1) is 25.6. The molecule has 1 aromatic rings. The number of alkyl halides is 3. The predicted molar refractivity (Wildman–Crippen MR) is 96.1 cm³/mol. The molecule has 2 rings (SSSR count). The summed E-state index contributed by atoms with van der Waals surface area (Å²) in [6, 6.07) is 3.36. The smallest absolute Gasteiger partial charge is 0.486 e. The summed E-state index contributed by atoms with van der Waals surface area (Å²) in [4.78, 5) is 19.8. The molecule has 0 aromatic heterocycles. The second kappa shape index (κ2) is 10.6. The van der Waals surface area contributed by atoms with Gasteiger partial charge in [0.25, 0.3) is 0 Å². The van der Waals surface area contributed by atoms with Crippen LogP contribution in [-0.2, 0) is 9.59 Å². The van der Waals surface area contributed by atoms with Crippen LogP contribution in [0.4, 0.5) is 22.0 Å². The first-order valence-electron chi connectivity index (χ1n) is 9.11. The fourth-order valence-electron chi connectivity index (χ4n) is 2.88. The zero-order valence-electron chi connectivity index (χ0n) is 16.4. The quantitative estimate of drug-likeness (QED) is 0.578. The molecule has 1 aliphatic carbocycles. The maximum atomic E-state index is 13.2. The molecule has 0 saturated heterocycles. The lowest BCUT2D eigenvalue weighted by Crippen LogP contribution is -2.45. The van der Waals surface area contributed by atoms with E-state index >= 15 is 0 Å². The molecule has 1 aromatic carbocycles. The van der Waals surface area contributed by atoms with Crippen molar-refractivity contribution in [3.05, 3.63) is 29.8 Å². The Morgan fingerprint density at radius 3 is 1.90 bits per heavy atom. The zero-order valence-corrected chi connectivity index (χ0v) is 16.4. The summed E-state index contributed by atoms with van der Waals surface area (Å²) in [7, 11) is 0. The van der Waals surface area contributed by atoms with Gasteiger partial charge >= 0.3 is 18.1 Å². The number of ether oxygens (including phenoxy) is 1. The Kier molecular flexibility index (Phi) is 9.01. The number of rotatable bonds is 6. The summed E-state index contributed by atoms with van der Waals surface area (Å²) < 4.78 is 63.8. The molecular weight excluding hydrogens is 417 g/mol. The Balaban J connectivity index is 0.000000553. The molecule has 170 valence electrons. The van der Waals surface area contributed by atoms with E-state index in [0.29, 0.717) is 19.4 Å². The maximum absolute atomic E-state index is 13.2. The fourth-order valence-corrected chi connectivity index (χ4v) is 2.88. The van der Waals surface area contributed by atoms with Crippen LogP contribution in [0.5, 0.6) is 5.75 Å². The predicted octanol–water partition coefficient (Wildman–Crippen LogP) is 3.99. The number of carboxylic acids is 2. The van der Waals surface area contributed by atoms with Gasteiger partial charge in [-0.25, -0.2) is 13.6 Å². The molecule has 30 heavy (non-hydrogen) atoms. The van der Waals surface area contributed by atoms with Crippen LogP contribution in [0.1, 0.15) is 39.5 Å². The van der Waals surface area contributed by atoms with Gasteiger partial charge in [-0.2, -0.15) is 13.2 Å². The molecule has 0 aliphatic heterocycles. The number of hydrogen-bond donors (Lipinski definition) is 3. The third-order valence-electron chi connectivity index (χ3n) is 4.37. The Morgan fingerprint density at radius 2 is 1.50 bits per heavy atom. The number of nitrogens with one attached hydrogen (secondary N) is 1. The van der Waals surface area contributed by atoms with Gasteiger partial charge in [-0.15, -0.1) is 0 Å². The van der Waals surface area contributed by atoms with Crippen LogP contribution in [0.2, 0.25) is 0 Å². The van der Waals surface area contributed by atoms with Crippen molar-refractivity contribution in [2.45, 2.75) is 57.3 Å². The standard InChI is InChI=1S/C17H23F2NO3.C2HF3O2/c1-17(2,23-15-8-12(18)7-13(19)9-15)10-20-14-5-3-11(4-6-14)16(21)22;3-2(4,5)1(6)7/h7-9,11,14,20H,3-6,10H2,1-2H3,(H,21,22);(H,6,7). The molecule has 0 radical (unpaired) electrons. The largest absolute Gasteiger partial charge is 0.490 e. The van der Waals surface area contributed by atoms with Gasteiger partial charge in [-0.05, 0) is 39.5 Å². The van der Waals surface area contributed by atoms with Crippen molar-refractivity contribution in [1.82, 2.24) is 5.32 Å². The van der Waals surface area contributed by atoms with Gasteiger partial charge in [0.15, 0.2) is 0 Å². The van der Waals surface area contributed by atoms with E-state index < -0.39 is 35.4 Å². The molecule has 11 heteroatoms. The monoisotopic (exact) mass is 441 g/mol. The number of carboxylic acid groups (broad SMARTS) is 2. The van der Waals surface area contributed by atoms with Gasteiger partial charge in [0.05, 0.1) is 5.92 Å². The molecule has 0 atom stereocenters. The topological polar surface area (TPSA) is 95.9 Å². The lowest BCUT2D eigenvalue weighted by atomic mass is 9.86. The highest BCUT2D eigenvalue weighted by atomic mass is 19.4. The number of carbonyl (C=O) groups is 2. The first-order valence-corrected chi connectivity index (χ1v) is 9.11. The van der Waals surface area contributed by atoms with Crippen LogP contribution in [0.25, 0.3) is 0 Å². The van der Waals surface area contributed by atoms with Crippen LogP contribution in [0, 0.1) is 17.6 Å². The average Bonchev–Trinajstić information content (AvgIpc) is 2.59. The van der Waals surface area contributed by atoms with E-state index in [1.54, 1.807) is 0 Å². The van der Waals surface area contributed by atoms with E-state index in [1.807, 2.05) is 13.8 Å². The SMILES string of the molecule is CC(C)(CNC1CCC(C(=O)O)CC1)Oc1cc(F)cc(F)c1.O=C(O)C(F)(F)F. The summed E-state index contributed by atoms with van der Waals surface area (Å²) in [6.45, 7) is 4.19. The van der Waals surface area contributed by atoms with Crippen LogP contribution in [0.15, 0.2) is 18.2 Å². The molecule has 0 bridgehead atoms. The van der Waals surface area contributed by atoms with Gasteiger partial charge in [0, 0.05) is 30.8 Å². The summed E-state index contributed by atoms with van der Waals surface area (Å²) >= 11 is 0. The molecule has 0 amide bonds. The van der Waals surface area contributed by atoms with E-state index in [2.05, 4.69) is 5.32 Å². The van der Waals surface area contributed by atoms with E-state index in [9.17, 15) is 26.7 Å². The normalized spacial score (nSPS) is 19.4. The Hall–Kier alpha value is -2.43. The minimum Gasteiger partial charge on any atom is -0.486 e. The first-order chi connectivity index (χ1) is 13.7. The molecule has 1 aliphatic rings. The van der Waals surface area contributed by atoms with Crippen molar-refractivity contribution < 1.29 is 46.5 Å². The number of halogens is 5. The third-order valence-corrected chi connectivity index (χ3v) is 4.37. The average molecular weight is 441 g/mol. The lowest BCUT2D eigenvalue weighted by Gasteiger charge is -2.32. The van der Waals surface area contributed by atoms with Crippen molar-refractivity contribution in [1.29, 1.82) is 0 Å². The van der Waals surface area contributed by atoms with E-state index in [0.717, 1.165) is 31.0 Å². The van der Waals surface area contributed by atoms with Gasteiger partial charge in [0.1, 0.15) is 23.0 Å². The summed E-state index contributed by atoms with van der Waals surface area (Å²) in [5.41, 5.74) is -0.635. The van der Waals surface area contributed by atoms with Crippen LogP contribution in [0.3, 0.4) is 0 Å². The summed E-state index contributed by atoms with van der Waals surface area (Å²) in [6.07, 6.45) is -2.13. The molecule has 0 unspecified atom stereocenters. The van der Waals surface area contributed by atoms with Crippen molar-refractivity contribution in [3.8, 4) is 5.75 Å². The molecule has 1 saturated carbocycles. The van der Waals surface area contributed by atoms with E-state index in [1.165, 1.54) is 0 Å². The summed E-state index contributed by atoms with van der Waals surface area (Å²) in [5.74, 6) is -4.91. The molecule has 0 heterocycles. The molecule has 6 nitrogen and oxygen atoms in total. The molecule has 0 spiro atoms. The molecular formula is C19H24F5NO5. The highest BCUT2D eigenvalue weighted by molar-refractivity contribution is 5.73. The Labute approximate surface area is 170 Å². The molecule has 1 fully saturated rings. The number of hydrogen-bond acceptors (Lipinski definition) is 4.